The number of aromatic amines is 3. The molecule has 42 nitrogen and oxygen atoms in total. The molecule has 21 N–H and O–H groups in total. The van der Waals surface area contributed by atoms with Crippen molar-refractivity contribution in [1.82, 2.24) is 97.6 Å². The molecule has 0 saturated carbocycles. The van der Waals surface area contributed by atoms with E-state index in [9.17, 15) is 68.4 Å². The molecule has 17 amide bonds. The van der Waals surface area contributed by atoms with Crippen molar-refractivity contribution in [3.8, 4) is 5.75 Å². The monoisotopic (exact) mass is 1850 g/mol. The van der Waals surface area contributed by atoms with Crippen molar-refractivity contribution in [1.29, 1.82) is 0 Å². The maximum atomic E-state index is 15.7. The van der Waals surface area contributed by atoms with Gasteiger partial charge in [-0.05, 0) is 92.3 Å². The first-order valence-corrected chi connectivity index (χ1v) is 45.4. The quantitative estimate of drug-likeness (QED) is 0.0291. The number of hydrogen-bond acceptors (Lipinski definition) is 23. The number of hydrogen-bond donors (Lipinski definition) is 19. The number of nitrogens with zero attached hydrogens (tertiary/aromatic N) is 6. The maximum Gasteiger partial charge on any atom is 0.248 e. The van der Waals surface area contributed by atoms with Crippen molar-refractivity contribution in [2.75, 3.05) is 65.5 Å². The summed E-state index contributed by atoms with van der Waals surface area (Å²) >= 11 is 0.796. The van der Waals surface area contributed by atoms with E-state index in [1.165, 1.54) is 69.8 Å². The number of nitrogens with two attached hydrogens (primary N) is 2. The summed E-state index contributed by atoms with van der Waals surface area (Å²) in [6.45, 7) is 4.97. The van der Waals surface area contributed by atoms with Gasteiger partial charge in [-0.3, -0.25) is 81.5 Å². The van der Waals surface area contributed by atoms with Crippen molar-refractivity contribution >= 4 is 134 Å². The van der Waals surface area contributed by atoms with Gasteiger partial charge in [-0.25, -0.2) is 4.98 Å². The minimum atomic E-state index is -1.91. The number of aliphatic hydroxyl groups excluding tert-OH is 3. The van der Waals surface area contributed by atoms with E-state index in [0.717, 1.165) is 31.4 Å². The van der Waals surface area contributed by atoms with Crippen LogP contribution in [0.3, 0.4) is 0 Å². The summed E-state index contributed by atoms with van der Waals surface area (Å²) in [7, 11) is 3.95. The lowest BCUT2D eigenvalue weighted by atomic mass is 9.99. The van der Waals surface area contributed by atoms with Gasteiger partial charge in [-0.1, -0.05) is 102 Å². The number of nitrogens with one attached hydrogen (secondary N) is 13. The molecule has 3 aromatic heterocycles. The van der Waals surface area contributed by atoms with E-state index in [1.807, 2.05) is 13.8 Å². The molecule has 9 rings (SSSR count). The predicted molar refractivity (Wildman–Crippen MR) is 482 cm³/mol. The number of para-hydroxylation sites is 2. The van der Waals surface area contributed by atoms with Crippen molar-refractivity contribution in [3.63, 3.8) is 0 Å². The van der Waals surface area contributed by atoms with Crippen LogP contribution in [0, 0.1) is 5.92 Å². The highest BCUT2D eigenvalue weighted by molar-refractivity contribution is 8.00. The molecule has 15 atom stereocenters. The molecule has 3 aromatic carbocycles. The Morgan fingerprint density at radius 1 is 0.538 bits per heavy atom. The maximum absolute atomic E-state index is 15.7. The summed E-state index contributed by atoms with van der Waals surface area (Å²) in [4.78, 5) is 267. The highest BCUT2D eigenvalue weighted by Gasteiger charge is 2.47. The first-order valence-electron chi connectivity index (χ1n) is 44.2. The molecule has 3 aliphatic heterocycles. The van der Waals surface area contributed by atoms with Gasteiger partial charge in [-0.2, -0.15) is 0 Å². The molecule has 0 aliphatic carbocycles. The van der Waals surface area contributed by atoms with Crippen molar-refractivity contribution in [3.05, 3.63) is 120 Å². The van der Waals surface area contributed by atoms with Crippen LogP contribution in [0.4, 0.5) is 0 Å². The second-order valence-electron chi connectivity index (χ2n) is 34.0. The number of carbonyl (C=O) groups is 17. The molecule has 6 heterocycles. The average molecular weight is 1860 g/mol. The number of aliphatic hydroxyl groups is 3. The summed E-state index contributed by atoms with van der Waals surface area (Å²) in [5.74, 6) is -17.4. The molecule has 0 radical (unpaired) electrons. The lowest BCUT2D eigenvalue weighted by Gasteiger charge is -2.36. The zero-order valence-electron chi connectivity index (χ0n) is 75.2. The minimum absolute atomic E-state index is 0.00718. The summed E-state index contributed by atoms with van der Waals surface area (Å²) in [5, 5.41) is 71.1. The molecule has 0 spiro atoms. The van der Waals surface area contributed by atoms with Crippen molar-refractivity contribution < 1.29 is 102 Å². The van der Waals surface area contributed by atoms with Gasteiger partial charge in [0.1, 0.15) is 90.3 Å². The first kappa shape index (κ1) is 103. The van der Waals surface area contributed by atoms with E-state index in [2.05, 4.69) is 73.1 Å². The summed E-state index contributed by atoms with van der Waals surface area (Å²) < 4.78 is 0. The Bertz CT molecular complexity index is 5090. The molecule has 0 unspecified atom stereocenters. The molecule has 3 aliphatic rings. The SMILES string of the molecule is CCCC[C@H]1C(=O)N(C)[C@@H](CCCC)C(=O)N[C@@H](CC(C)C)C(=O)N[C@H](C(=O)NCC(N)=O)CSCC(=O)N[C@@H](Cc2ccc(O)cc2)C(=O)N(C)[C@@H](C)C(=O)N[C@@H](CO)C(=O)N2CCC[C@H]2C(=O)N[C@@H](Cc2cnc[nH]2)C(=O)N[C@@H](CCC(N)=O)C(=O)N2C[C@H](O)C[C@H]2C(=O)N[C@@H](Cc2c[nH]c3ccccc23)C(=O)N[C@@H](CO)C(=O)N[C@@H](Cc2c[nH]c3ccccc23)C(=O)N1C. The number of primary amides is 2. The summed E-state index contributed by atoms with van der Waals surface area (Å²) in [5.41, 5.74) is 14.0. The molecule has 0 bridgehead atoms. The van der Waals surface area contributed by atoms with Crippen LogP contribution in [0.2, 0.25) is 0 Å². The highest BCUT2D eigenvalue weighted by Crippen LogP contribution is 2.28. The van der Waals surface area contributed by atoms with Crippen LogP contribution in [-0.4, -0.2) is 321 Å². The van der Waals surface area contributed by atoms with Gasteiger partial charge in [-0.15, -0.1) is 11.8 Å². The number of likely N-dealkylation sites (N-methyl/N-ethyl adjacent to an activating group) is 3. The Labute approximate surface area is 766 Å². The van der Waals surface area contributed by atoms with Gasteiger partial charge in [0.05, 0.1) is 37.9 Å². The third kappa shape index (κ3) is 27.8. The van der Waals surface area contributed by atoms with Crippen LogP contribution in [0.15, 0.2) is 97.7 Å². The van der Waals surface area contributed by atoms with Gasteiger partial charge in [0.15, 0.2) is 0 Å². The van der Waals surface area contributed by atoms with Crippen molar-refractivity contribution in [2.45, 2.75) is 228 Å². The number of fused-ring (bicyclic) bond motifs is 4. The molecular formula is C89H123N21O21S. The second kappa shape index (κ2) is 48.7. The van der Waals surface area contributed by atoms with Crippen LogP contribution in [0.5, 0.6) is 5.75 Å². The molecule has 716 valence electrons. The largest absolute Gasteiger partial charge is 0.508 e. The number of imidazole rings is 1. The zero-order chi connectivity index (χ0) is 96.3. The van der Waals surface area contributed by atoms with Crippen LogP contribution in [0.1, 0.15) is 134 Å². The van der Waals surface area contributed by atoms with E-state index in [4.69, 9.17) is 11.5 Å². The lowest BCUT2D eigenvalue weighted by molar-refractivity contribution is -0.149. The number of unbranched alkanes of at least 4 members (excludes halogenated alkanes) is 2. The van der Waals surface area contributed by atoms with Crippen LogP contribution < -0.4 is 64.6 Å². The van der Waals surface area contributed by atoms with E-state index in [0.29, 0.717) is 64.2 Å². The number of phenolic OH excluding ortho intramolecular Hbond substituents is 1. The average Bonchev–Trinajstić information content (AvgIpc) is 1.62. The standard InChI is InChI=1S/C89H123N21O21S/c1-9-11-22-69-82(124)99-61(32-48(3)4)78(120)105-68(77(119)95-41-74(91)116)45-132-46-75(117)97-64(33-50-25-27-54(113)28-26-50)85(127)106(6)49(5)76(118)104-67(44-112)88(130)109-31-17-24-70(109)83(125)101-63(36-53-40-92-47-96-53)80(122)98-60(29-30-73(90)115)87(129)110-42-55(114)37-72(110)84(126)100-62(34-51-38-93-58-20-15-13-18-56(51)58)79(121)103-66(43-111)81(123)102-65(35-52-39-94-59-21-16-14-19-57(52)59)86(128)108(8)71(23-12-10-2)89(131)107(69)7/h13-16,18-21,25-28,38-40,47-49,55,60-72,93-94,111-114H,9-12,17,22-24,29-37,41-46H2,1-8H3,(H2,90,115)(H2,91,116)(H,92,96)(H,95,119)(H,97,117)(H,98,122)(H,99,124)(H,100,126)(H,101,125)(H,102,123)(H,103,121)(H,104,118)(H,105,120)/t49-,55+,60-,61-,62-,63-,64-,65-,66-,67-,68-,69-,70-,71-,72-/m0/s1. The molecule has 6 aromatic rings. The van der Waals surface area contributed by atoms with E-state index < -0.39 is 248 Å². The van der Waals surface area contributed by atoms with E-state index in [-0.39, 0.29) is 81.7 Å². The topological polar surface area (TPSA) is 620 Å². The van der Waals surface area contributed by atoms with Gasteiger partial charge in [0.25, 0.3) is 0 Å². The third-order valence-corrected chi connectivity index (χ3v) is 24.8. The van der Waals surface area contributed by atoms with Crippen LogP contribution in [-0.2, 0) is 107 Å². The molecule has 3 saturated heterocycles. The molecule has 43 heteroatoms. The lowest BCUT2D eigenvalue weighted by Crippen LogP contribution is -2.62. The van der Waals surface area contributed by atoms with Gasteiger partial charge < -0.3 is 125 Å². The fraction of sp³-hybridized carbons (Fsp3) is 0.528. The summed E-state index contributed by atoms with van der Waals surface area (Å²) in [6, 6.07) is -2.40. The molecule has 132 heavy (non-hydrogen) atoms. The normalized spacial score (nSPS) is 25.1. The Morgan fingerprint density at radius 3 is 1.65 bits per heavy atom. The first-order chi connectivity index (χ1) is 62.9. The smallest absolute Gasteiger partial charge is 0.248 e. The number of phenols is 1. The number of thioether (sulfide) groups is 1. The van der Waals surface area contributed by atoms with Gasteiger partial charge in [0, 0.05) is 125 Å². The fourth-order valence-electron chi connectivity index (χ4n) is 16.3. The Kier molecular flexibility index (Phi) is 37.9. The fourth-order valence-corrected chi connectivity index (χ4v) is 17.2. The van der Waals surface area contributed by atoms with E-state index >= 15 is 33.6 Å². The number of rotatable bonds is 24. The third-order valence-electron chi connectivity index (χ3n) is 23.8. The molecule has 3 fully saturated rings. The molecular weight excluding hydrogens is 1730 g/mol. The minimum Gasteiger partial charge on any atom is -0.508 e. The number of carbonyl (C=O) groups excluding carboxylic acids is 17. The van der Waals surface area contributed by atoms with Crippen molar-refractivity contribution in [2.24, 2.45) is 17.4 Å². The Balaban J connectivity index is 1.09. The predicted octanol–water partition coefficient (Wildman–Crippen LogP) is -2.81. The highest BCUT2D eigenvalue weighted by atomic mass is 32.2. The van der Waals surface area contributed by atoms with E-state index in [1.54, 1.807) is 74.8 Å². The zero-order valence-corrected chi connectivity index (χ0v) is 76.0. The number of amides is 17. The Morgan fingerprint density at radius 2 is 1.06 bits per heavy atom. The van der Waals surface area contributed by atoms with Crippen LogP contribution in [0.25, 0.3) is 21.8 Å². The number of benzene rings is 3. The number of aromatic hydroxyl groups is 1. The number of H-pyrrole nitrogens is 3. The number of aromatic nitrogens is 4. The Hall–Kier alpha value is -13.0. The van der Waals surface area contributed by atoms with Gasteiger partial charge in [0.2, 0.25) is 100 Å². The second-order valence-corrected chi connectivity index (χ2v) is 35.0. The summed E-state index contributed by atoms with van der Waals surface area (Å²) in [6.07, 6.45) is 3.49. The van der Waals surface area contributed by atoms with Gasteiger partial charge >= 0.3 is 0 Å². The van der Waals surface area contributed by atoms with Crippen LogP contribution >= 0.6 is 11.8 Å².